The molecular formula is C12H11F. The van der Waals surface area contributed by atoms with Gasteiger partial charge in [-0.1, -0.05) is 31.2 Å². The van der Waals surface area contributed by atoms with Crippen molar-refractivity contribution in [1.29, 1.82) is 0 Å². The highest BCUT2D eigenvalue weighted by atomic mass is 19.1. The number of hydrogen-bond donors (Lipinski definition) is 0. The van der Waals surface area contributed by atoms with Crippen LogP contribution in [-0.2, 0) is 6.42 Å². The van der Waals surface area contributed by atoms with Crippen molar-refractivity contribution < 1.29 is 4.39 Å². The number of benzene rings is 2. The Morgan fingerprint density at radius 3 is 2.77 bits per heavy atom. The van der Waals surface area contributed by atoms with E-state index in [4.69, 9.17) is 0 Å². The van der Waals surface area contributed by atoms with E-state index in [2.05, 4.69) is 6.92 Å². The molecule has 0 aliphatic carbocycles. The molecule has 0 saturated heterocycles. The fourth-order valence-electron chi connectivity index (χ4n) is 1.50. The van der Waals surface area contributed by atoms with E-state index in [0.29, 0.717) is 0 Å². The second-order valence-corrected chi connectivity index (χ2v) is 3.15. The summed E-state index contributed by atoms with van der Waals surface area (Å²) in [6.45, 7) is 2.07. The van der Waals surface area contributed by atoms with Crippen molar-refractivity contribution in [3.05, 3.63) is 47.8 Å². The molecule has 0 atom stereocenters. The third kappa shape index (κ3) is 1.42. The second-order valence-electron chi connectivity index (χ2n) is 3.15. The highest BCUT2D eigenvalue weighted by molar-refractivity contribution is 5.83. The highest BCUT2D eigenvalue weighted by Crippen LogP contribution is 2.19. The Morgan fingerprint density at radius 2 is 2.00 bits per heavy atom. The maximum atomic E-state index is 13.3. The van der Waals surface area contributed by atoms with Crippen LogP contribution < -0.4 is 0 Å². The van der Waals surface area contributed by atoms with Gasteiger partial charge in [0.15, 0.2) is 0 Å². The van der Waals surface area contributed by atoms with Crippen LogP contribution in [0.4, 0.5) is 4.39 Å². The standard InChI is InChI=1S/C12H11F/c1-2-9-6-7-10-4-3-5-12(13)11(10)8-9/h3-8H,2H2,1H3. The summed E-state index contributed by atoms with van der Waals surface area (Å²) >= 11 is 0. The van der Waals surface area contributed by atoms with E-state index in [9.17, 15) is 4.39 Å². The van der Waals surface area contributed by atoms with Gasteiger partial charge in [0.2, 0.25) is 0 Å². The lowest BCUT2D eigenvalue weighted by Gasteiger charge is -2.01. The minimum absolute atomic E-state index is 0.132. The van der Waals surface area contributed by atoms with E-state index in [-0.39, 0.29) is 5.82 Å². The molecule has 2 aromatic carbocycles. The zero-order chi connectivity index (χ0) is 9.26. The molecule has 0 aliphatic heterocycles. The Labute approximate surface area is 77.0 Å². The van der Waals surface area contributed by atoms with E-state index in [0.717, 1.165) is 17.2 Å². The van der Waals surface area contributed by atoms with Crippen molar-refractivity contribution in [2.24, 2.45) is 0 Å². The number of fused-ring (bicyclic) bond motifs is 1. The summed E-state index contributed by atoms with van der Waals surface area (Å²) < 4.78 is 13.3. The Kier molecular flexibility index (Phi) is 2.01. The van der Waals surface area contributed by atoms with Gasteiger partial charge in [0.25, 0.3) is 0 Å². The van der Waals surface area contributed by atoms with Gasteiger partial charge >= 0.3 is 0 Å². The third-order valence-electron chi connectivity index (χ3n) is 2.30. The lowest BCUT2D eigenvalue weighted by Crippen LogP contribution is -1.83. The summed E-state index contributed by atoms with van der Waals surface area (Å²) in [6, 6.07) is 11.1. The molecule has 0 unspecified atom stereocenters. The molecule has 0 heterocycles. The van der Waals surface area contributed by atoms with E-state index in [1.807, 2.05) is 24.3 Å². The summed E-state index contributed by atoms with van der Waals surface area (Å²) in [5.74, 6) is -0.132. The van der Waals surface area contributed by atoms with Crippen LogP contribution in [0.5, 0.6) is 0 Å². The molecule has 1 heteroatoms. The minimum atomic E-state index is -0.132. The first-order valence-electron chi connectivity index (χ1n) is 4.48. The summed E-state index contributed by atoms with van der Waals surface area (Å²) in [5, 5.41) is 1.69. The average Bonchev–Trinajstić information content (AvgIpc) is 2.18. The molecule has 66 valence electrons. The van der Waals surface area contributed by atoms with Gasteiger partial charge < -0.3 is 0 Å². The third-order valence-corrected chi connectivity index (χ3v) is 2.30. The summed E-state index contributed by atoms with van der Waals surface area (Å²) in [5.41, 5.74) is 1.18. The van der Waals surface area contributed by atoms with Crippen LogP contribution in [0.3, 0.4) is 0 Å². The number of aryl methyl sites for hydroxylation is 1. The molecule has 0 radical (unpaired) electrons. The van der Waals surface area contributed by atoms with Crippen molar-refractivity contribution in [2.45, 2.75) is 13.3 Å². The molecule has 2 rings (SSSR count). The van der Waals surface area contributed by atoms with Crippen molar-refractivity contribution in [2.75, 3.05) is 0 Å². The molecule has 0 aromatic heterocycles. The first-order chi connectivity index (χ1) is 6.31. The van der Waals surface area contributed by atoms with Gasteiger partial charge in [-0.05, 0) is 29.5 Å². The molecular weight excluding hydrogens is 163 g/mol. The number of halogens is 1. The zero-order valence-corrected chi connectivity index (χ0v) is 7.55. The van der Waals surface area contributed by atoms with Crippen LogP contribution >= 0.6 is 0 Å². The van der Waals surface area contributed by atoms with Gasteiger partial charge in [-0.2, -0.15) is 0 Å². The average molecular weight is 174 g/mol. The predicted octanol–water partition coefficient (Wildman–Crippen LogP) is 3.54. The Hall–Kier alpha value is -1.37. The molecule has 0 amide bonds. The summed E-state index contributed by atoms with van der Waals surface area (Å²) in [7, 11) is 0. The van der Waals surface area contributed by atoms with Crippen LogP contribution in [0.25, 0.3) is 10.8 Å². The van der Waals surface area contributed by atoms with Gasteiger partial charge in [0.05, 0.1) is 0 Å². The van der Waals surface area contributed by atoms with Gasteiger partial charge in [-0.25, -0.2) is 4.39 Å². The first-order valence-corrected chi connectivity index (χ1v) is 4.48. The molecule has 0 bridgehead atoms. The van der Waals surface area contributed by atoms with Crippen LogP contribution in [0, 0.1) is 5.82 Å². The maximum absolute atomic E-state index is 13.3. The fraction of sp³-hybridized carbons (Fsp3) is 0.167. The Morgan fingerprint density at radius 1 is 1.15 bits per heavy atom. The normalized spacial score (nSPS) is 10.6. The van der Waals surface area contributed by atoms with Crippen molar-refractivity contribution >= 4 is 10.8 Å². The number of rotatable bonds is 1. The van der Waals surface area contributed by atoms with Crippen LogP contribution in [0.15, 0.2) is 36.4 Å². The van der Waals surface area contributed by atoms with Crippen molar-refractivity contribution in [3.63, 3.8) is 0 Å². The van der Waals surface area contributed by atoms with Gasteiger partial charge in [-0.3, -0.25) is 0 Å². The van der Waals surface area contributed by atoms with Gasteiger partial charge in [0.1, 0.15) is 5.82 Å². The van der Waals surface area contributed by atoms with E-state index in [1.165, 1.54) is 11.6 Å². The Bertz CT molecular complexity index is 432. The van der Waals surface area contributed by atoms with E-state index < -0.39 is 0 Å². The van der Waals surface area contributed by atoms with Crippen LogP contribution in [0.1, 0.15) is 12.5 Å². The summed E-state index contributed by atoms with van der Waals surface area (Å²) in [6.07, 6.45) is 0.949. The fourth-order valence-corrected chi connectivity index (χ4v) is 1.50. The van der Waals surface area contributed by atoms with E-state index in [1.54, 1.807) is 6.07 Å². The highest BCUT2D eigenvalue weighted by Gasteiger charge is 1.99. The maximum Gasteiger partial charge on any atom is 0.131 e. The zero-order valence-electron chi connectivity index (χ0n) is 7.55. The second kappa shape index (κ2) is 3.17. The van der Waals surface area contributed by atoms with Gasteiger partial charge in [-0.15, -0.1) is 0 Å². The largest absolute Gasteiger partial charge is 0.206 e. The molecule has 0 spiro atoms. The molecule has 0 aliphatic rings. The first kappa shape index (κ1) is 8.24. The van der Waals surface area contributed by atoms with Crippen molar-refractivity contribution in [1.82, 2.24) is 0 Å². The van der Waals surface area contributed by atoms with Crippen LogP contribution in [0.2, 0.25) is 0 Å². The van der Waals surface area contributed by atoms with Crippen LogP contribution in [-0.4, -0.2) is 0 Å². The predicted molar refractivity (Wildman–Crippen MR) is 53.3 cm³/mol. The molecule has 2 aromatic rings. The molecule has 13 heavy (non-hydrogen) atoms. The summed E-state index contributed by atoms with van der Waals surface area (Å²) in [4.78, 5) is 0. The minimum Gasteiger partial charge on any atom is -0.206 e. The smallest absolute Gasteiger partial charge is 0.131 e. The Balaban J connectivity index is 2.74. The van der Waals surface area contributed by atoms with Gasteiger partial charge in [0, 0.05) is 5.39 Å². The molecule has 0 saturated carbocycles. The van der Waals surface area contributed by atoms with Crippen molar-refractivity contribution in [3.8, 4) is 0 Å². The molecule has 0 N–H and O–H groups in total. The lowest BCUT2D eigenvalue weighted by atomic mass is 10.1. The monoisotopic (exact) mass is 174 g/mol. The topological polar surface area (TPSA) is 0 Å². The SMILES string of the molecule is CCc1ccc2cccc(F)c2c1. The quantitative estimate of drug-likeness (QED) is 0.620. The molecule has 0 fully saturated rings. The lowest BCUT2D eigenvalue weighted by molar-refractivity contribution is 0.640. The van der Waals surface area contributed by atoms with E-state index >= 15 is 0 Å². The molecule has 0 nitrogen and oxygen atoms in total. The number of hydrogen-bond acceptors (Lipinski definition) is 0.